The largest absolute Gasteiger partial charge is 0.465 e. The second-order valence-electron chi connectivity index (χ2n) is 4.94. The van der Waals surface area contributed by atoms with E-state index in [1.54, 1.807) is 29.0 Å². The molecule has 0 saturated heterocycles. The van der Waals surface area contributed by atoms with Crippen LogP contribution >= 0.6 is 0 Å². The number of ether oxygens (including phenoxy) is 1. The number of aryl methyl sites for hydroxylation is 1. The molecule has 0 amide bonds. The molecule has 1 aromatic carbocycles. The van der Waals surface area contributed by atoms with Crippen molar-refractivity contribution in [2.75, 3.05) is 7.11 Å². The van der Waals surface area contributed by atoms with Crippen LogP contribution in [0.1, 0.15) is 34.0 Å². The second kappa shape index (κ2) is 6.32. The zero-order valence-electron chi connectivity index (χ0n) is 12.9. The average molecular weight is 305 g/mol. The standard InChI is InChI=1S/C18H15N3O2/c1-3-14-6-7-16(18(22)23-2)10-15(14)5-4-13-11-19-17-8-9-20-21(17)12-13/h6-12H,3H2,1-2H3. The molecular weight excluding hydrogens is 290 g/mol. The molecule has 0 saturated carbocycles. The van der Waals surface area contributed by atoms with E-state index in [4.69, 9.17) is 4.74 Å². The van der Waals surface area contributed by atoms with Gasteiger partial charge in [0.1, 0.15) is 0 Å². The molecule has 2 aromatic heterocycles. The Bertz CT molecular complexity index is 932. The van der Waals surface area contributed by atoms with Crippen molar-refractivity contribution >= 4 is 11.6 Å². The molecule has 0 aliphatic carbocycles. The lowest BCUT2D eigenvalue weighted by Gasteiger charge is -2.04. The Hall–Kier alpha value is -3.13. The third-order valence-electron chi connectivity index (χ3n) is 3.50. The number of methoxy groups -OCH3 is 1. The Morgan fingerprint density at radius 2 is 2.17 bits per heavy atom. The molecule has 5 heteroatoms. The first-order valence-electron chi connectivity index (χ1n) is 7.24. The number of aromatic nitrogens is 3. The Morgan fingerprint density at radius 3 is 2.96 bits per heavy atom. The van der Waals surface area contributed by atoms with Crippen LogP contribution in [0.4, 0.5) is 0 Å². The van der Waals surface area contributed by atoms with Crippen molar-refractivity contribution in [3.05, 3.63) is 65.1 Å². The molecule has 114 valence electrons. The van der Waals surface area contributed by atoms with E-state index < -0.39 is 0 Å². The minimum absolute atomic E-state index is 0.365. The first-order valence-corrected chi connectivity index (χ1v) is 7.24. The van der Waals surface area contributed by atoms with E-state index in [2.05, 4.69) is 28.8 Å². The van der Waals surface area contributed by atoms with Crippen molar-refractivity contribution in [3.63, 3.8) is 0 Å². The van der Waals surface area contributed by atoms with Crippen molar-refractivity contribution in [1.29, 1.82) is 0 Å². The average Bonchev–Trinajstić information content (AvgIpc) is 3.06. The van der Waals surface area contributed by atoms with E-state index >= 15 is 0 Å². The number of carbonyl (C=O) groups excluding carboxylic acids is 1. The van der Waals surface area contributed by atoms with Crippen LogP contribution in [-0.4, -0.2) is 27.7 Å². The van der Waals surface area contributed by atoms with Crippen LogP contribution in [0.2, 0.25) is 0 Å². The maximum Gasteiger partial charge on any atom is 0.337 e. The molecule has 2 heterocycles. The van der Waals surface area contributed by atoms with E-state index in [-0.39, 0.29) is 5.97 Å². The van der Waals surface area contributed by atoms with Gasteiger partial charge in [0.25, 0.3) is 0 Å². The van der Waals surface area contributed by atoms with Gasteiger partial charge in [0.15, 0.2) is 5.65 Å². The predicted octanol–water partition coefficient (Wildman–Crippen LogP) is 2.48. The number of nitrogens with zero attached hydrogens (tertiary/aromatic N) is 3. The fourth-order valence-corrected chi connectivity index (χ4v) is 2.26. The van der Waals surface area contributed by atoms with Crippen molar-refractivity contribution in [2.45, 2.75) is 13.3 Å². The molecule has 3 aromatic rings. The highest BCUT2D eigenvalue weighted by Crippen LogP contribution is 2.13. The SMILES string of the molecule is CCc1ccc(C(=O)OC)cc1C#Cc1cnc2ccnn2c1. The highest BCUT2D eigenvalue weighted by Gasteiger charge is 2.07. The van der Waals surface area contributed by atoms with Gasteiger partial charge in [-0.15, -0.1) is 0 Å². The summed E-state index contributed by atoms with van der Waals surface area (Å²) in [4.78, 5) is 15.9. The van der Waals surface area contributed by atoms with Gasteiger partial charge in [0.05, 0.1) is 24.4 Å². The summed E-state index contributed by atoms with van der Waals surface area (Å²) in [5.41, 5.74) is 3.92. The fraction of sp³-hybridized carbons (Fsp3) is 0.167. The smallest absolute Gasteiger partial charge is 0.337 e. The Morgan fingerprint density at radius 1 is 1.30 bits per heavy atom. The summed E-state index contributed by atoms with van der Waals surface area (Å²) in [6.07, 6.45) is 6.06. The number of fused-ring (bicyclic) bond motifs is 1. The van der Waals surface area contributed by atoms with Gasteiger partial charge in [-0.05, 0) is 24.1 Å². The lowest BCUT2D eigenvalue weighted by molar-refractivity contribution is 0.0600. The summed E-state index contributed by atoms with van der Waals surface area (Å²) < 4.78 is 6.43. The molecule has 0 aliphatic rings. The summed E-state index contributed by atoms with van der Waals surface area (Å²) in [5.74, 6) is 5.83. The van der Waals surface area contributed by atoms with Crippen molar-refractivity contribution in [1.82, 2.24) is 14.6 Å². The summed E-state index contributed by atoms with van der Waals surface area (Å²) in [6.45, 7) is 2.05. The molecule has 3 rings (SSSR count). The minimum atomic E-state index is -0.365. The number of hydrogen-bond donors (Lipinski definition) is 0. The molecule has 0 unspecified atom stereocenters. The van der Waals surface area contributed by atoms with Crippen molar-refractivity contribution < 1.29 is 9.53 Å². The Kier molecular flexibility index (Phi) is 4.07. The van der Waals surface area contributed by atoms with Crippen LogP contribution in [-0.2, 0) is 11.2 Å². The minimum Gasteiger partial charge on any atom is -0.465 e. The predicted molar refractivity (Wildman–Crippen MR) is 86.1 cm³/mol. The summed E-state index contributed by atoms with van der Waals surface area (Å²) in [7, 11) is 1.37. The maximum absolute atomic E-state index is 11.7. The van der Waals surface area contributed by atoms with Gasteiger partial charge in [-0.2, -0.15) is 5.10 Å². The molecule has 0 N–H and O–H groups in total. The van der Waals surface area contributed by atoms with Crippen LogP contribution in [0.3, 0.4) is 0 Å². The molecule has 0 aliphatic heterocycles. The van der Waals surface area contributed by atoms with Gasteiger partial charge in [-0.3, -0.25) is 0 Å². The highest BCUT2D eigenvalue weighted by molar-refractivity contribution is 5.89. The molecule has 0 radical (unpaired) electrons. The van der Waals surface area contributed by atoms with E-state index in [1.807, 2.05) is 18.3 Å². The molecule has 5 nitrogen and oxygen atoms in total. The van der Waals surface area contributed by atoms with Gasteiger partial charge in [0.2, 0.25) is 0 Å². The van der Waals surface area contributed by atoms with E-state index in [0.29, 0.717) is 5.56 Å². The zero-order valence-corrected chi connectivity index (χ0v) is 12.9. The van der Waals surface area contributed by atoms with Crippen molar-refractivity contribution in [3.8, 4) is 11.8 Å². The van der Waals surface area contributed by atoms with Gasteiger partial charge >= 0.3 is 5.97 Å². The molecule has 0 spiro atoms. The van der Waals surface area contributed by atoms with Gasteiger partial charge in [0, 0.05) is 24.0 Å². The number of esters is 1. The Balaban J connectivity index is 1.99. The summed E-state index contributed by atoms with van der Waals surface area (Å²) in [6, 6.07) is 7.25. The number of rotatable bonds is 2. The Labute approximate surface area is 133 Å². The van der Waals surface area contributed by atoms with E-state index in [0.717, 1.165) is 28.8 Å². The highest BCUT2D eigenvalue weighted by atomic mass is 16.5. The quantitative estimate of drug-likeness (QED) is 0.539. The topological polar surface area (TPSA) is 56.5 Å². The molecule has 0 fully saturated rings. The van der Waals surface area contributed by atoms with Crippen LogP contribution in [0.15, 0.2) is 42.9 Å². The van der Waals surface area contributed by atoms with E-state index in [1.165, 1.54) is 7.11 Å². The lowest BCUT2D eigenvalue weighted by atomic mass is 10.0. The maximum atomic E-state index is 11.7. The first-order chi connectivity index (χ1) is 11.2. The zero-order chi connectivity index (χ0) is 16.2. The van der Waals surface area contributed by atoms with Crippen LogP contribution < -0.4 is 0 Å². The van der Waals surface area contributed by atoms with E-state index in [9.17, 15) is 4.79 Å². The molecule has 23 heavy (non-hydrogen) atoms. The van der Waals surface area contributed by atoms with Gasteiger partial charge in [-0.25, -0.2) is 14.3 Å². The van der Waals surface area contributed by atoms with Crippen molar-refractivity contribution in [2.24, 2.45) is 0 Å². The normalized spacial score (nSPS) is 10.2. The third-order valence-corrected chi connectivity index (χ3v) is 3.50. The third kappa shape index (κ3) is 3.06. The molecule has 0 bridgehead atoms. The fourth-order valence-electron chi connectivity index (χ4n) is 2.26. The first kappa shape index (κ1) is 14.8. The monoisotopic (exact) mass is 305 g/mol. The lowest BCUT2D eigenvalue weighted by Crippen LogP contribution is -2.02. The number of benzene rings is 1. The number of carbonyl (C=O) groups is 1. The second-order valence-corrected chi connectivity index (χ2v) is 4.94. The van der Waals surface area contributed by atoms with Crippen LogP contribution in [0.5, 0.6) is 0 Å². The number of hydrogen-bond acceptors (Lipinski definition) is 4. The summed E-state index contributed by atoms with van der Waals surface area (Å²) >= 11 is 0. The molecule has 0 atom stereocenters. The van der Waals surface area contributed by atoms with Crippen LogP contribution in [0.25, 0.3) is 5.65 Å². The van der Waals surface area contributed by atoms with Gasteiger partial charge in [-0.1, -0.05) is 24.8 Å². The molecular formula is C18H15N3O2. The summed E-state index contributed by atoms with van der Waals surface area (Å²) in [5, 5.41) is 4.14. The van der Waals surface area contributed by atoms with Gasteiger partial charge < -0.3 is 4.74 Å². The van der Waals surface area contributed by atoms with Crippen LogP contribution in [0, 0.1) is 11.8 Å².